The molecular weight excluding hydrogens is 360 g/mol. The van der Waals surface area contributed by atoms with E-state index in [0.29, 0.717) is 16.3 Å². The average Bonchev–Trinajstić information content (AvgIpc) is 2.37. The second kappa shape index (κ2) is 6.66. The van der Waals surface area contributed by atoms with Crippen LogP contribution in [0.3, 0.4) is 0 Å². The Kier molecular flexibility index (Phi) is 5.18. The van der Waals surface area contributed by atoms with Gasteiger partial charge in [0.2, 0.25) is 0 Å². The van der Waals surface area contributed by atoms with E-state index in [4.69, 9.17) is 0 Å². The summed E-state index contributed by atoms with van der Waals surface area (Å²) in [6, 6.07) is 1.79. The molecule has 0 aromatic carbocycles. The SMILES string of the molecule is O=C(NCC1CCCCC1Br)c1cncc(Br)c1. The van der Waals surface area contributed by atoms with Crippen LogP contribution in [0.5, 0.6) is 0 Å². The molecule has 98 valence electrons. The zero-order chi connectivity index (χ0) is 13.0. The maximum atomic E-state index is 12.0. The quantitative estimate of drug-likeness (QED) is 0.821. The number of rotatable bonds is 3. The van der Waals surface area contributed by atoms with Crippen LogP contribution in [0.25, 0.3) is 0 Å². The molecule has 0 radical (unpaired) electrons. The van der Waals surface area contributed by atoms with Crippen molar-refractivity contribution in [1.29, 1.82) is 0 Å². The minimum Gasteiger partial charge on any atom is -0.352 e. The second-order valence-electron chi connectivity index (χ2n) is 4.66. The summed E-state index contributed by atoms with van der Waals surface area (Å²) in [7, 11) is 0. The van der Waals surface area contributed by atoms with Crippen molar-refractivity contribution in [2.24, 2.45) is 5.92 Å². The lowest BCUT2D eigenvalue weighted by Gasteiger charge is -2.27. The highest BCUT2D eigenvalue weighted by molar-refractivity contribution is 9.10. The maximum absolute atomic E-state index is 12.0. The van der Waals surface area contributed by atoms with Crippen LogP contribution in [0.1, 0.15) is 36.0 Å². The summed E-state index contributed by atoms with van der Waals surface area (Å²) in [5, 5.41) is 3.00. The van der Waals surface area contributed by atoms with E-state index >= 15 is 0 Å². The van der Waals surface area contributed by atoms with Crippen molar-refractivity contribution in [3.05, 3.63) is 28.5 Å². The number of carbonyl (C=O) groups excluding carboxylic acids is 1. The lowest BCUT2D eigenvalue weighted by atomic mass is 9.89. The molecule has 1 amide bonds. The number of amides is 1. The van der Waals surface area contributed by atoms with E-state index in [2.05, 4.69) is 42.2 Å². The van der Waals surface area contributed by atoms with E-state index in [1.807, 2.05) is 0 Å². The molecule has 1 heterocycles. The van der Waals surface area contributed by atoms with Crippen LogP contribution in [0, 0.1) is 5.92 Å². The number of nitrogens with one attached hydrogen (secondary N) is 1. The third-order valence-corrected chi connectivity index (χ3v) is 4.95. The number of alkyl halides is 1. The summed E-state index contributed by atoms with van der Waals surface area (Å²) < 4.78 is 0.825. The van der Waals surface area contributed by atoms with Gasteiger partial charge in [-0.1, -0.05) is 28.8 Å². The van der Waals surface area contributed by atoms with E-state index in [1.165, 1.54) is 25.7 Å². The first-order valence-corrected chi connectivity index (χ1v) is 7.90. The number of nitrogens with zero attached hydrogens (tertiary/aromatic N) is 1. The van der Waals surface area contributed by atoms with Crippen LogP contribution < -0.4 is 5.32 Å². The Hall–Kier alpha value is -0.420. The Labute approximate surface area is 124 Å². The smallest absolute Gasteiger partial charge is 0.252 e. The predicted octanol–water partition coefficient (Wildman–Crippen LogP) is 3.53. The molecule has 1 aliphatic rings. The van der Waals surface area contributed by atoms with Crippen molar-refractivity contribution in [2.45, 2.75) is 30.5 Å². The molecule has 0 spiro atoms. The van der Waals surface area contributed by atoms with Gasteiger partial charge in [-0.05, 0) is 40.8 Å². The standard InChI is InChI=1S/C13H16Br2N2O/c14-11-5-10(6-16-8-11)13(18)17-7-9-3-1-2-4-12(9)15/h5-6,8-9,12H,1-4,7H2,(H,17,18). The highest BCUT2D eigenvalue weighted by Gasteiger charge is 2.23. The third kappa shape index (κ3) is 3.79. The van der Waals surface area contributed by atoms with Crippen LogP contribution >= 0.6 is 31.9 Å². The number of hydrogen-bond donors (Lipinski definition) is 1. The van der Waals surface area contributed by atoms with E-state index in [1.54, 1.807) is 18.5 Å². The highest BCUT2D eigenvalue weighted by atomic mass is 79.9. The second-order valence-corrected chi connectivity index (χ2v) is 6.75. The zero-order valence-corrected chi connectivity index (χ0v) is 13.2. The van der Waals surface area contributed by atoms with E-state index in [0.717, 1.165) is 11.0 Å². The van der Waals surface area contributed by atoms with E-state index < -0.39 is 0 Å². The average molecular weight is 376 g/mol. The van der Waals surface area contributed by atoms with Gasteiger partial charge in [-0.25, -0.2) is 0 Å². The maximum Gasteiger partial charge on any atom is 0.252 e. The van der Waals surface area contributed by atoms with Crippen LogP contribution in [-0.4, -0.2) is 22.3 Å². The number of hydrogen-bond acceptors (Lipinski definition) is 2. The van der Waals surface area contributed by atoms with Gasteiger partial charge in [0.25, 0.3) is 5.91 Å². The van der Waals surface area contributed by atoms with Gasteiger partial charge in [0.05, 0.1) is 5.56 Å². The molecule has 0 aliphatic heterocycles. The van der Waals surface area contributed by atoms with Gasteiger partial charge in [-0.15, -0.1) is 0 Å². The predicted molar refractivity (Wildman–Crippen MR) is 78.9 cm³/mol. The van der Waals surface area contributed by atoms with Crippen LogP contribution in [-0.2, 0) is 0 Å². The van der Waals surface area contributed by atoms with Crippen molar-refractivity contribution in [2.75, 3.05) is 6.54 Å². The van der Waals surface area contributed by atoms with Crippen LogP contribution in [0.2, 0.25) is 0 Å². The fraction of sp³-hybridized carbons (Fsp3) is 0.538. The fourth-order valence-corrected chi connectivity index (χ4v) is 3.39. The molecule has 1 aromatic heterocycles. The lowest BCUT2D eigenvalue weighted by molar-refractivity contribution is 0.0944. The number of pyridine rings is 1. The topological polar surface area (TPSA) is 42.0 Å². The number of aromatic nitrogens is 1. The summed E-state index contributed by atoms with van der Waals surface area (Å²) in [4.78, 5) is 16.5. The molecule has 2 atom stereocenters. The minimum atomic E-state index is -0.0472. The molecule has 2 unspecified atom stereocenters. The molecule has 0 bridgehead atoms. The van der Waals surface area contributed by atoms with Crippen LogP contribution in [0.4, 0.5) is 0 Å². The molecule has 1 saturated carbocycles. The Balaban J connectivity index is 1.88. The van der Waals surface area contributed by atoms with Crippen molar-refractivity contribution in [3.8, 4) is 0 Å². The Morgan fingerprint density at radius 1 is 1.39 bits per heavy atom. The van der Waals surface area contributed by atoms with Gasteiger partial charge in [0, 0.05) is 28.2 Å². The lowest BCUT2D eigenvalue weighted by Crippen LogP contribution is -2.34. The Morgan fingerprint density at radius 2 is 2.17 bits per heavy atom. The van der Waals surface area contributed by atoms with E-state index in [-0.39, 0.29) is 5.91 Å². The molecule has 3 nitrogen and oxygen atoms in total. The van der Waals surface area contributed by atoms with Gasteiger partial charge in [0.15, 0.2) is 0 Å². The fourth-order valence-electron chi connectivity index (χ4n) is 2.25. The zero-order valence-electron chi connectivity index (χ0n) is 10.0. The van der Waals surface area contributed by atoms with Gasteiger partial charge < -0.3 is 5.32 Å². The monoisotopic (exact) mass is 374 g/mol. The van der Waals surface area contributed by atoms with Crippen LogP contribution in [0.15, 0.2) is 22.9 Å². The summed E-state index contributed by atoms with van der Waals surface area (Å²) in [6.45, 7) is 0.737. The normalized spacial score (nSPS) is 23.7. The van der Waals surface area contributed by atoms with Crippen molar-refractivity contribution >= 4 is 37.8 Å². The summed E-state index contributed by atoms with van der Waals surface area (Å²) in [5.41, 5.74) is 0.603. The highest BCUT2D eigenvalue weighted by Crippen LogP contribution is 2.29. The van der Waals surface area contributed by atoms with Gasteiger partial charge >= 0.3 is 0 Å². The molecule has 1 aliphatic carbocycles. The number of carbonyl (C=O) groups is 1. The molecule has 1 N–H and O–H groups in total. The molecule has 18 heavy (non-hydrogen) atoms. The molecule has 5 heteroatoms. The van der Waals surface area contributed by atoms with Gasteiger partial charge in [-0.3, -0.25) is 9.78 Å². The molecule has 2 rings (SSSR count). The molecule has 1 fully saturated rings. The Bertz CT molecular complexity index is 425. The first-order chi connectivity index (χ1) is 8.66. The first-order valence-electron chi connectivity index (χ1n) is 6.19. The number of halogens is 2. The minimum absolute atomic E-state index is 0.0472. The molecule has 1 aromatic rings. The van der Waals surface area contributed by atoms with Gasteiger partial charge in [0.1, 0.15) is 0 Å². The summed E-state index contributed by atoms with van der Waals surface area (Å²) in [6.07, 6.45) is 8.21. The summed E-state index contributed by atoms with van der Waals surface area (Å²) >= 11 is 7.02. The van der Waals surface area contributed by atoms with Gasteiger partial charge in [-0.2, -0.15) is 0 Å². The largest absolute Gasteiger partial charge is 0.352 e. The third-order valence-electron chi connectivity index (χ3n) is 3.31. The summed E-state index contributed by atoms with van der Waals surface area (Å²) in [5.74, 6) is 0.497. The van der Waals surface area contributed by atoms with E-state index in [9.17, 15) is 4.79 Å². The van der Waals surface area contributed by atoms with Crippen molar-refractivity contribution < 1.29 is 4.79 Å². The molecular formula is C13H16Br2N2O. The molecule has 0 saturated heterocycles. The Morgan fingerprint density at radius 3 is 2.89 bits per heavy atom. The first kappa shape index (κ1) is 14.0. The van der Waals surface area contributed by atoms with Crippen molar-refractivity contribution in [1.82, 2.24) is 10.3 Å². The van der Waals surface area contributed by atoms with Crippen molar-refractivity contribution in [3.63, 3.8) is 0 Å².